The van der Waals surface area contributed by atoms with Crippen LogP contribution >= 0.6 is 0 Å². The molecule has 38 heavy (non-hydrogen) atoms. The zero-order chi connectivity index (χ0) is 25.7. The zero-order valence-electron chi connectivity index (χ0n) is 21.0. The van der Waals surface area contributed by atoms with Crippen LogP contribution in [0.2, 0.25) is 0 Å². The Balaban J connectivity index is 1.26. The van der Waals surface area contributed by atoms with Crippen LogP contribution in [0.1, 0.15) is 10.4 Å². The van der Waals surface area contributed by atoms with Crippen molar-refractivity contribution in [2.45, 2.75) is 0 Å². The predicted molar refractivity (Wildman–Crippen MR) is 148 cm³/mol. The van der Waals surface area contributed by atoms with E-state index in [4.69, 9.17) is 23.7 Å². The molecule has 0 unspecified atom stereocenters. The van der Waals surface area contributed by atoms with Gasteiger partial charge >= 0.3 is 0 Å². The van der Waals surface area contributed by atoms with Gasteiger partial charge in [0.05, 0.1) is 39.6 Å². The maximum absolute atomic E-state index is 13.5. The van der Waals surface area contributed by atoms with Crippen molar-refractivity contribution in [2.75, 3.05) is 58.2 Å². The van der Waals surface area contributed by atoms with Crippen LogP contribution in [0.4, 0.5) is 5.69 Å². The minimum absolute atomic E-state index is 0.183. The Morgan fingerprint density at radius 2 is 1.16 bits per heavy atom. The molecule has 1 heterocycles. The van der Waals surface area contributed by atoms with Crippen molar-refractivity contribution < 1.29 is 28.5 Å². The molecule has 194 valence electrons. The van der Waals surface area contributed by atoms with E-state index in [1.807, 2.05) is 24.3 Å². The van der Waals surface area contributed by atoms with E-state index in [2.05, 4.69) is 41.7 Å². The van der Waals surface area contributed by atoms with E-state index in [1.165, 1.54) is 16.2 Å². The quantitative estimate of drug-likeness (QED) is 0.309. The summed E-state index contributed by atoms with van der Waals surface area (Å²) in [5.41, 5.74) is 1.24. The molecule has 0 atom stereocenters. The van der Waals surface area contributed by atoms with Gasteiger partial charge in [0, 0.05) is 17.3 Å². The second kappa shape index (κ2) is 11.2. The highest BCUT2D eigenvalue weighted by atomic mass is 16.6. The van der Waals surface area contributed by atoms with Gasteiger partial charge < -0.3 is 29.0 Å². The van der Waals surface area contributed by atoms with Crippen molar-refractivity contribution in [3.05, 3.63) is 78.4 Å². The predicted octanol–water partition coefficient (Wildman–Crippen LogP) is 5.66. The summed E-state index contributed by atoms with van der Waals surface area (Å²) >= 11 is 0. The molecule has 1 N–H and O–H groups in total. The molecule has 0 aromatic heterocycles. The van der Waals surface area contributed by atoms with Crippen molar-refractivity contribution in [3.8, 4) is 11.5 Å². The van der Waals surface area contributed by atoms with Crippen LogP contribution < -0.4 is 14.8 Å². The molecule has 1 aliphatic heterocycles. The number of rotatable bonds is 2. The minimum Gasteiger partial charge on any atom is -0.487 e. The Hall–Kier alpha value is -3.91. The Kier molecular flexibility index (Phi) is 7.22. The summed E-state index contributed by atoms with van der Waals surface area (Å²) < 4.78 is 28.4. The summed E-state index contributed by atoms with van der Waals surface area (Å²) in [6.07, 6.45) is 0. The third kappa shape index (κ3) is 5.09. The lowest BCUT2D eigenvalue weighted by molar-refractivity contribution is 0.00708. The van der Waals surface area contributed by atoms with Crippen molar-refractivity contribution >= 4 is 43.9 Å². The number of carbonyl (C=O) groups excluding carboxylic acids is 1. The first kappa shape index (κ1) is 24.4. The molecule has 1 amide bonds. The molecule has 0 radical (unpaired) electrons. The highest BCUT2D eigenvalue weighted by Gasteiger charge is 2.16. The number of nitrogens with one attached hydrogen (secondary N) is 1. The lowest BCUT2D eigenvalue weighted by atomic mass is 9.92. The van der Waals surface area contributed by atoms with Gasteiger partial charge in [0.25, 0.3) is 5.91 Å². The molecule has 7 nitrogen and oxygen atoms in total. The lowest BCUT2D eigenvalue weighted by Gasteiger charge is -2.16. The van der Waals surface area contributed by atoms with Crippen molar-refractivity contribution in [2.24, 2.45) is 0 Å². The second-order valence-corrected chi connectivity index (χ2v) is 9.12. The number of amides is 1. The van der Waals surface area contributed by atoms with Crippen LogP contribution in [0, 0.1) is 0 Å². The van der Waals surface area contributed by atoms with Gasteiger partial charge in [-0.05, 0) is 50.5 Å². The van der Waals surface area contributed by atoms with E-state index in [1.54, 1.807) is 12.1 Å². The Morgan fingerprint density at radius 3 is 1.87 bits per heavy atom. The van der Waals surface area contributed by atoms with Crippen molar-refractivity contribution in [1.82, 2.24) is 0 Å². The monoisotopic (exact) mass is 511 g/mol. The van der Waals surface area contributed by atoms with Gasteiger partial charge in [-0.3, -0.25) is 4.79 Å². The average Bonchev–Trinajstić information content (AvgIpc) is 2.95. The molecule has 0 bridgehead atoms. The normalized spacial score (nSPS) is 15.8. The summed E-state index contributed by atoms with van der Waals surface area (Å²) in [5.74, 6) is 0.936. The summed E-state index contributed by atoms with van der Waals surface area (Å²) in [4.78, 5) is 13.5. The summed E-state index contributed by atoms with van der Waals surface area (Å²) in [7, 11) is 0. The van der Waals surface area contributed by atoms with Crippen molar-refractivity contribution in [3.63, 3.8) is 0 Å². The van der Waals surface area contributed by atoms with E-state index >= 15 is 0 Å². The van der Waals surface area contributed by atoms with Gasteiger partial charge in [-0.25, -0.2) is 0 Å². The largest absolute Gasteiger partial charge is 0.487 e. The number of hydrogen-bond acceptors (Lipinski definition) is 6. The van der Waals surface area contributed by atoms with Crippen LogP contribution in [0.15, 0.2) is 72.8 Å². The van der Waals surface area contributed by atoms with E-state index in [9.17, 15) is 4.79 Å². The molecule has 6 rings (SSSR count). The maximum atomic E-state index is 13.5. The summed E-state index contributed by atoms with van der Waals surface area (Å²) in [5, 5.41) is 9.72. The van der Waals surface area contributed by atoms with Crippen LogP contribution in [0.5, 0.6) is 11.5 Å². The summed E-state index contributed by atoms with van der Waals surface area (Å²) in [6, 6.07) is 23.9. The molecular formula is C31H29NO6. The van der Waals surface area contributed by atoms with E-state index in [0.29, 0.717) is 75.6 Å². The van der Waals surface area contributed by atoms with Crippen LogP contribution in [-0.4, -0.2) is 58.8 Å². The highest BCUT2D eigenvalue weighted by molar-refractivity contribution is 6.27. The molecule has 5 aromatic carbocycles. The van der Waals surface area contributed by atoms with Gasteiger partial charge in [0.15, 0.2) is 11.5 Å². The Morgan fingerprint density at radius 1 is 0.579 bits per heavy atom. The highest BCUT2D eigenvalue weighted by Crippen LogP contribution is 2.36. The maximum Gasteiger partial charge on any atom is 0.256 e. The molecule has 0 aliphatic carbocycles. The number of carbonyl (C=O) groups is 1. The zero-order valence-corrected chi connectivity index (χ0v) is 21.0. The summed E-state index contributed by atoms with van der Waals surface area (Å²) in [6.45, 7) is 3.59. The fourth-order valence-electron chi connectivity index (χ4n) is 4.91. The first-order chi connectivity index (χ1) is 18.8. The van der Waals surface area contributed by atoms with Crippen molar-refractivity contribution in [1.29, 1.82) is 0 Å². The minimum atomic E-state index is -0.183. The Labute approximate surface area is 220 Å². The first-order valence-electron chi connectivity index (χ1n) is 12.9. The van der Waals surface area contributed by atoms with E-state index < -0.39 is 0 Å². The smallest absolute Gasteiger partial charge is 0.256 e. The second-order valence-electron chi connectivity index (χ2n) is 9.12. The van der Waals surface area contributed by atoms with Gasteiger partial charge in [-0.2, -0.15) is 0 Å². The van der Waals surface area contributed by atoms with Crippen LogP contribution in [-0.2, 0) is 14.2 Å². The number of anilines is 1. The Bertz CT molecular complexity index is 1550. The lowest BCUT2D eigenvalue weighted by Crippen LogP contribution is -2.14. The van der Waals surface area contributed by atoms with Crippen LogP contribution in [0.25, 0.3) is 32.3 Å². The van der Waals surface area contributed by atoms with Gasteiger partial charge in [-0.1, -0.05) is 48.5 Å². The third-order valence-electron chi connectivity index (χ3n) is 6.69. The molecular weight excluding hydrogens is 482 g/mol. The molecule has 1 aliphatic rings. The molecule has 7 heteroatoms. The van der Waals surface area contributed by atoms with E-state index in [-0.39, 0.29) is 5.91 Å². The molecule has 5 aromatic rings. The number of fused-ring (bicyclic) bond motifs is 1. The standard InChI is InChI=1S/C31H29NO6/c33-31(26-10-7-23-5-4-21-2-1-3-22-6-9-25(26)30(23)29(21)22)32-24-8-11-27-28(20-24)38-19-17-36-15-13-34-12-14-35-16-18-37-27/h1-11,20H,12-19H2,(H,32,33). The fourth-order valence-corrected chi connectivity index (χ4v) is 4.91. The number of benzene rings is 5. The molecule has 0 saturated heterocycles. The third-order valence-corrected chi connectivity index (χ3v) is 6.69. The van der Waals surface area contributed by atoms with Crippen LogP contribution in [0.3, 0.4) is 0 Å². The first-order valence-corrected chi connectivity index (χ1v) is 12.9. The van der Waals surface area contributed by atoms with E-state index in [0.717, 1.165) is 16.2 Å². The fraction of sp³-hybridized carbons (Fsp3) is 0.258. The van der Waals surface area contributed by atoms with Gasteiger partial charge in [0.2, 0.25) is 0 Å². The topological polar surface area (TPSA) is 75.3 Å². The molecule has 0 saturated carbocycles. The number of hydrogen-bond donors (Lipinski definition) is 1. The average molecular weight is 512 g/mol. The SMILES string of the molecule is O=C(Nc1ccc2c(c1)OCCOCCOCCOCCO2)c1ccc2ccc3cccc4ccc1c2c34. The number of ether oxygens (including phenoxy) is 5. The molecule has 0 spiro atoms. The molecule has 0 fully saturated rings. The van der Waals surface area contributed by atoms with Gasteiger partial charge in [-0.15, -0.1) is 0 Å². The van der Waals surface area contributed by atoms with Gasteiger partial charge in [0.1, 0.15) is 13.2 Å².